The molecule has 1 heterocycles. The third kappa shape index (κ3) is 3.47. The zero-order chi connectivity index (χ0) is 13.7. The van der Waals surface area contributed by atoms with Gasteiger partial charge in [-0.05, 0) is 24.1 Å². The number of amides is 1. The lowest BCUT2D eigenvalue weighted by molar-refractivity contribution is -0.128. The Hall–Kier alpha value is -2.02. The van der Waals surface area contributed by atoms with Crippen LogP contribution in [0.4, 0.5) is 0 Å². The Morgan fingerprint density at radius 1 is 1.53 bits per heavy atom. The Balaban J connectivity index is 1.80. The highest BCUT2D eigenvalue weighted by atomic mass is 16.5. The van der Waals surface area contributed by atoms with Gasteiger partial charge in [0.2, 0.25) is 5.91 Å². The van der Waals surface area contributed by atoms with Gasteiger partial charge in [0.25, 0.3) is 0 Å². The van der Waals surface area contributed by atoms with Crippen LogP contribution in [-0.4, -0.2) is 30.5 Å². The van der Waals surface area contributed by atoms with Crippen molar-refractivity contribution in [3.63, 3.8) is 0 Å². The molecule has 1 aliphatic rings. The van der Waals surface area contributed by atoms with E-state index in [0.717, 1.165) is 13.0 Å². The molecule has 0 bridgehead atoms. The second-order valence-corrected chi connectivity index (χ2v) is 4.81. The topological polar surface area (TPSA) is 53.3 Å². The van der Waals surface area contributed by atoms with E-state index < -0.39 is 0 Å². The first-order valence-corrected chi connectivity index (χ1v) is 6.63. The summed E-state index contributed by atoms with van der Waals surface area (Å²) in [5, 5.41) is 8.79. The van der Waals surface area contributed by atoms with Gasteiger partial charge in [0, 0.05) is 13.0 Å². The molecular formula is C15H18N2O2. The van der Waals surface area contributed by atoms with Crippen molar-refractivity contribution in [2.24, 2.45) is 5.92 Å². The first kappa shape index (κ1) is 13.4. The monoisotopic (exact) mass is 258 g/mol. The molecule has 0 spiro atoms. The Morgan fingerprint density at radius 2 is 2.37 bits per heavy atom. The van der Waals surface area contributed by atoms with E-state index in [4.69, 9.17) is 10.00 Å². The Morgan fingerprint density at radius 3 is 3.05 bits per heavy atom. The number of nitriles is 1. The van der Waals surface area contributed by atoms with Crippen LogP contribution in [0.5, 0.6) is 5.75 Å². The number of carbonyl (C=O) groups is 1. The van der Waals surface area contributed by atoms with Gasteiger partial charge in [0.1, 0.15) is 12.4 Å². The predicted molar refractivity (Wildman–Crippen MR) is 71.6 cm³/mol. The van der Waals surface area contributed by atoms with E-state index in [9.17, 15) is 4.79 Å². The fraction of sp³-hybridized carbons (Fsp3) is 0.467. The highest BCUT2D eigenvalue weighted by Gasteiger charge is 2.27. The fourth-order valence-electron chi connectivity index (χ4n) is 2.27. The van der Waals surface area contributed by atoms with Gasteiger partial charge in [-0.2, -0.15) is 5.26 Å². The van der Waals surface area contributed by atoms with Crippen molar-refractivity contribution in [1.82, 2.24) is 4.90 Å². The molecule has 1 atom stereocenters. The molecule has 0 aliphatic carbocycles. The van der Waals surface area contributed by atoms with Gasteiger partial charge in [0.05, 0.1) is 18.2 Å². The molecule has 0 aromatic heterocycles. The van der Waals surface area contributed by atoms with Crippen LogP contribution < -0.4 is 4.74 Å². The lowest BCUT2D eigenvalue weighted by atomic mass is 10.1. The minimum Gasteiger partial charge on any atom is -0.492 e. The van der Waals surface area contributed by atoms with E-state index in [1.54, 1.807) is 18.2 Å². The molecule has 1 aromatic carbocycles. The van der Waals surface area contributed by atoms with Gasteiger partial charge in [0.15, 0.2) is 0 Å². The third-order valence-electron chi connectivity index (χ3n) is 3.47. The van der Waals surface area contributed by atoms with Crippen molar-refractivity contribution < 1.29 is 9.53 Å². The third-order valence-corrected chi connectivity index (χ3v) is 3.47. The normalized spacial score (nSPS) is 18.4. The molecule has 100 valence electrons. The quantitative estimate of drug-likeness (QED) is 0.813. The van der Waals surface area contributed by atoms with Crippen molar-refractivity contribution >= 4 is 5.91 Å². The molecule has 2 rings (SSSR count). The fourth-order valence-corrected chi connectivity index (χ4v) is 2.27. The lowest BCUT2D eigenvalue weighted by Crippen LogP contribution is -2.29. The van der Waals surface area contributed by atoms with E-state index in [2.05, 4.69) is 13.0 Å². The van der Waals surface area contributed by atoms with Crippen LogP contribution in [-0.2, 0) is 4.79 Å². The molecule has 1 saturated heterocycles. The maximum atomic E-state index is 11.7. The first-order chi connectivity index (χ1) is 9.22. The molecule has 1 unspecified atom stereocenters. The van der Waals surface area contributed by atoms with Crippen LogP contribution in [0.15, 0.2) is 24.3 Å². The minimum absolute atomic E-state index is 0.223. The largest absolute Gasteiger partial charge is 0.492 e. The molecule has 1 aliphatic heterocycles. The van der Waals surface area contributed by atoms with Crippen molar-refractivity contribution in [1.29, 1.82) is 5.26 Å². The average Bonchev–Trinajstić information content (AvgIpc) is 2.80. The molecule has 1 amide bonds. The summed E-state index contributed by atoms with van der Waals surface area (Å²) in [5.74, 6) is 1.40. The van der Waals surface area contributed by atoms with Crippen LogP contribution in [0.25, 0.3) is 0 Å². The van der Waals surface area contributed by atoms with E-state index in [1.165, 1.54) is 0 Å². The van der Waals surface area contributed by atoms with Gasteiger partial charge >= 0.3 is 0 Å². The van der Waals surface area contributed by atoms with E-state index in [1.807, 2.05) is 11.0 Å². The molecule has 1 aromatic rings. The smallest absolute Gasteiger partial charge is 0.223 e. The number of rotatable bonds is 5. The number of hydrogen-bond donors (Lipinski definition) is 0. The second kappa shape index (κ2) is 6.24. The maximum absolute atomic E-state index is 11.7. The van der Waals surface area contributed by atoms with Crippen molar-refractivity contribution in [2.75, 3.05) is 19.7 Å². The standard InChI is InChI=1S/C15H18N2O2/c1-2-12-9-15(18)17(11-12)6-7-19-14-5-3-4-13(8-14)10-16/h3-5,8,12H,2,6-7,9,11H2,1H3. The summed E-state index contributed by atoms with van der Waals surface area (Å²) in [6.45, 7) is 4.05. The van der Waals surface area contributed by atoms with Gasteiger partial charge in [-0.15, -0.1) is 0 Å². The molecule has 19 heavy (non-hydrogen) atoms. The Labute approximate surface area is 113 Å². The van der Waals surface area contributed by atoms with Crippen molar-refractivity contribution in [3.8, 4) is 11.8 Å². The molecule has 1 fully saturated rings. The highest BCUT2D eigenvalue weighted by molar-refractivity contribution is 5.78. The van der Waals surface area contributed by atoms with Crippen LogP contribution in [0.1, 0.15) is 25.3 Å². The van der Waals surface area contributed by atoms with Crippen molar-refractivity contribution in [2.45, 2.75) is 19.8 Å². The van der Waals surface area contributed by atoms with Crippen LogP contribution in [0, 0.1) is 17.2 Å². The van der Waals surface area contributed by atoms with Gasteiger partial charge in [-0.25, -0.2) is 0 Å². The molecule has 4 nitrogen and oxygen atoms in total. The number of likely N-dealkylation sites (tertiary alicyclic amines) is 1. The molecule has 0 N–H and O–H groups in total. The van der Waals surface area contributed by atoms with E-state index >= 15 is 0 Å². The number of hydrogen-bond acceptors (Lipinski definition) is 3. The number of benzene rings is 1. The molecular weight excluding hydrogens is 240 g/mol. The number of ether oxygens (including phenoxy) is 1. The maximum Gasteiger partial charge on any atom is 0.223 e. The highest BCUT2D eigenvalue weighted by Crippen LogP contribution is 2.20. The van der Waals surface area contributed by atoms with Gasteiger partial charge in [-0.1, -0.05) is 19.4 Å². The van der Waals surface area contributed by atoms with Crippen molar-refractivity contribution in [3.05, 3.63) is 29.8 Å². The van der Waals surface area contributed by atoms with Crippen LogP contribution in [0.2, 0.25) is 0 Å². The van der Waals surface area contributed by atoms with Crippen LogP contribution in [0.3, 0.4) is 0 Å². The zero-order valence-electron chi connectivity index (χ0n) is 11.1. The predicted octanol–water partition coefficient (Wildman–Crippen LogP) is 2.20. The number of nitrogens with zero attached hydrogens (tertiary/aromatic N) is 2. The van der Waals surface area contributed by atoms with Crippen LogP contribution >= 0.6 is 0 Å². The first-order valence-electron chi connectivity index (χ1n) is 6.63. The molecule has 0 saturated carbocycles. The zero-order valence-corrected chi connectivity index (χ0v) is 11.1. The summed E-state index contributed by atoms with van der Waals surface area (Å²) in [4.78, 5) is 13.6. The summed E-state index contributed by atoms with van der Waals surface area (Å²) in [7, 11) is 0. The Bertz CT molecular complexity index is 493. The average molecular weight is 258 g/mol. The summed E-state index contributed by atoms with van der Waals surface area (Å²) in [6.07, 6.45) is 1.72. The second-order valence-electron chi connectivity index (χ2n) is 4.81. The summed E-state index contributed by atoms with van der Waals surface area (Å²) in [6, 6.07) is 9.14. The number of carbonyl (C=O) groups excluding carboxylic acids is 1. The lowest BCUT2D eigenvalue weighted by Gasteiger charge is -2.16. The summed E-state index contributed by atoms with van der Waals surface area (Å²) >= 11 is 0. The van der Waals surface area contributed by atoms with E-state index in [0.29, 0.717) is 36.8 Å². The molecule has 0 radical (unpaired) electrons. The van der Waals surface area contributed by atoms with Gasteiger partial charge in [-0.3, -0.25) is 4.79 Å². The minimum atomic E-state index is 0.223. The summed E-state index contributed by atoms with van der Waals surface area (Å²) in [5.41, 5.74) is 0.584. The van der Waals surface area contributed by atoms with E-state index in [-0.39, 0.29) is 5.91 Å². The molecule has 4 heteroatoms. The summed E-state index contributed by atoms with van der Waals surface area (Å²) < 4.78 is 5.58. The SMILES string of the molecule is CCC1CC(=O)N(CCOc2cccc(C#N)c2)C1. The Kier molecular flexibility index (Phi) is 4.40. The van der Waals surface area contributed by atoms with Gasteiger partial charge < -0.3 is 9.64 Å².